The summed E-state index contributed by atoms with van der Waals surface area (Å²) in [5.41, 5.74) is 3.05. The molecule has 2 amide bonds. The van der Waals surface area contributed by atoms with Crippen LogP contribution >= 0.6 is 0 Å². The molecule has 1 aromatic heterocycles. The minimum Gasteiger partial charge on any atom is -0.465 e. The summed E-state index contributed by atoms with van der Waals surface area (Å²) < 4.78 is 2.02. The summed E-state index contributed by atoms with van der Waals surface area (Å²) in [5.74, 6) is 0.265. The molecule has 2 aromatic rings. The standard InChI is InChI=1S/C23H31N5O3/c1-15(2)10-22(29)28-16(3)13-26(23(30)31)21-11-17(4-5-20(21)28)18-12-25-27(14-18)19-6-8-24-9-7-19/h4-5,11-12,14-16,19,24H,6-10,13H2,1-3H3,(H,30,31)/t16-/m0/s1. The molecule has 2 aliphatic rings. The first-order valence-corrected chi connectivity index (χ1v) is 11.1. The number of fused-ring (bicyclic) bond motifs is 1. The average Bonchev–Trinajstić information content (AvgIpc) is 3.23. The zero-order valence-electron chi connectivity index (χ0n) is 18.4. The van der Waals surface area contributed by atoms with Gasteiger partial charge in [-0.25, -0.2) is 4.79 Å². The molecule has 0 saturated carbocycles. The molecule has 4 rings (SSSR count). The van der Waals surface area contributed by atoms with Crippen molar-refractivity contribution in [2.24, 2.45) is 5.92 Å². The molecule has 0 radical (unpaired) electrons. The van der Waals surface area contributed by atoms with Crippen molar-refractivity contribution in [3.8, 4) is 11.1 Å². The Morgan fingerprint density at radius 1 is 1.19 bits per heavy atom. The van der Waals surface area contributed by atoms with Gasteiger partial charge in [-0.3, -0.25) is 14.4 Å². The molecule has 0 spiro atoms. The molecule has 0 unspecified atom stereocenters. The van der Waals surface area contributed by atoms with Crippen molar-refractivity contribution in [1.82, 2.24) is 15.1 Å². The van der Waals surface area contributed by atoms with Crippen molar-refractivity contribution in [3.05, 3.63) is 30.6 Å². The number of amides is 2. The Kier molecular flexibility index (Phi) is 6.00. The van der Waals surface area contributed by atoms with Crippen LogP contribution in [0.15, 0.2) is 30.6 Å². The fourth-order valence-corrected chi connectivity index (χ4v) is 4.57. The first kappa shape index (κ1) is 21.4. The van der Waals surface area contributed by atoms with Gasteiger partial charge in [0.1, 0.15) is 0 Å². The third-order valence-electron chi connectivity index (χ3n) is 6.11. The minimum absolute atomic E-state index is 0.0280. The van der Waals surface area contributed by atoms with Gasteiger partial charge in [-0.1, -0.05) is 19.9 Å². The summed E-state index contributed by atoms with van der Waals surface area (Å²) in [6.07, 6.45) is 5.39. The Morgan fingerprint density at radius 3 is 2.61 bits per heavy atom. The third kappa shape index (κ3) is 4.30. The average molecular weight is 426 g/mol. The van der Waals surface area contributed by atoms with Gasteiger partial charge in [-0.15, -0.1) is 0 Å². The molecule has 166 valence electrons. The lowest BCUT2D eigenvalue weighted by molar-refractivity contribution is -0.119. The molecule has 0 bridgehead atoms. The molecule has 31 heavy (non-hydrogen) atoms. The Bertz CT molecular complexity index is 964. The van der Waals surface area contributed by atoms with Gasteiger partial charge in [0.2, 0.25) is 5.91 Å². The molecule has 1 saturated heterocycles. The highest BCUT2D eigenvalue weighted by molar-refractivity contribution is 6.03. The van der Waals surface area contributed by atoms with Crippen molar-refractivity contribution in [1.29, 1.82) is 0 Å². The fraction of sp³-hybridized carbons (Fsp3) is 0.522. The number of nitrogens with zero attached hydrogens (tertiary/aromatic N) is 4. The monoisotopic (exact) mass is 425 g/mol. The highest BCUT2D eigenvalue weighted by Crippen LogP contribution is 2.39. The van der Waals surface area contributed by atoms with Gasteiger partial charge in [0.15, 0.2) is 0 Å². The number of carbonyl (C=O) groups excluding carboxylic acids is 1. The number of hydrogen-bond acceptors (Lipinski definition) is 4. The van der Waals surface area contributed by atoms with E-state index >= 15 is 0 Å². The molecule has 3 heterocycles. The molecule has 1 atom stereocenters. The zero-order chi connectivity index (χ0) is 22.1. The van der Waals surface area contributed by atoms with Crippen molar-refractivity contribution in [2.75, 3.05) is 29.4 Å². The molecule has 8 nitrogen and oxygen atoms in total. The van der Waals surface area contributed by atoms with E-state index in [9.17, 15) is 14.7 Å². The van der Waals surface area contributed by atoms with E-state index in [-0.39, 0.29) is 24.4 Å². The van der Waals surface area contributed by atoms with Crippen molar-refractivity contribution in [3.63, 3.8) is 0 Å². The number of hydrogen-bond donors (Lipinski definition) is 2. The topological polar surface area (TPSA) is 90.7 Å². The second-order valence-electron chi connectivity index (χ2n) is 9.00. The second kappa shape index (κ2) is 8.70. The van der Waals surface area contributed by atoms with Gasteiger partial charge in [0, 0.05) is 24.7 Å². The van der Waals surface area contributed by atoms with E-state index in [4.69, 9.17) is 0 Å². The van der Waals surface area contributed by atoms with E-state index in [1.54, 1.807) is 4.90 Å². The first-order chi connectivity index (χ1) is 14.8. The maximum absolute atomic E-state index is 12.9. The Labute approximate surface area is 182 Å². The number of carboxylic acid groups (broad SMARTS) is 1. The number of nitrogens with one attached hydrogen (secondary N) is 1. The normalized spacial score (nSPS) is 19.5. The van der Waals surface area contributed by atoms with Crippen LogP contribution in [-0.4, -0.2) is 52.6 Å². The molecule has 8 heteroatoms. The number of aromatic nitrogens is 2. The van der Waals surface area contributed by atoms with Crippen LogP contribution in [0.5, 0.6) is 0 Å². The molecule has 1 aromatic carbocycles. The summed E-state index contributed by atoms with van der Waals surface area (Å²) >= 11 is 0. The van der Waals surface area contributed by atoms with Crippen LogP contribution in [0.2, 0.25) is 0 Å². The highest BCUT2D eigenvalue weighted by Gasteiger charge is 2.35. The van der Waals surface area contributed by atoms with Crippen LogP contribution in [0.25, 0.3) is 11.1 Å². The molecular formula is C23H31N5O3. The molecule has 2 aliphatic heterocycles. The van der Waals surface area contributed by atoms with Crippen LogP contribution < -0.4 is 15.1 Å². The summed E-state index contributed by atoms with van der Waals surface area (Å²) in [4.78, 5) is 28.0. The fourth-order valence-electron chi connectivity index (χ4n) is 4.57. The Balaban J connectivity index is 1.69. The summed E-state index contributed by atoms with van der Waals surface area (Å²) in [6, 6.07) is 5.86. The number of benzene rings is 1. The minimum atomic E-state index is -1.01. The largest absolute Gasteiger partial charge is 0.465 e. The Morgan fingerprint density at radius 2 is 1.94 bits per heavy atom. The number of rotatable bonds is 4. The number of anilines is 2. The van der Waals surface area contributed by atoms with E-state index in [0.717, 1.165) is 37.1 Å². The van der Waals surface area contributed by atoms with E-state index in [1.807, 2.05) is 56.0 Å². The maximum atomic E-state index is 12.9. The predicted molar refractivity (Wildman–Crippen MR) is 121 cm³/mol. The SMILES string of the molecule is CC(C)CC(=O)N1c2ccc(-c3cnn(C4CCNCC4)c3)cc2N(C(=O)O)C[C@@H]1C. The Hall–Kier alpha value is -2.87. The van der Waals surface area contributed by atoms with E-state index in [1.165, 1.54) is 4.90 Å². The predicted octanol–water partition coefficient (Wildman–Crippen LogP) is 3.74. The van der Waals surface area contributed by atoms with Crippen LogP contribution in [-0.2, 0) is 4.79 Å². The van der Waals surface area contributed by atoms with Crippen molar-refractivity contribution >= 4 is 23.4 Å². The summed E-state index contributed by atoms with van der Waals surface area (Å²) in [7, 11) is 0. The number of carbonyl (C=O) groups is 2. The molecule has 0 aliphatic carbocycles. The number of piperidine rings is 1. The third-order valence-corrected chi connectivity index (χ3v) is 6.11. The van der Waals surface area contributed by atoms with E-state index < -0.39 is 6.09 Å². The molecule has 1 fully saturated rings. The maximum Gasteiger partial charge on any atom is 0.411 e. The van der Waals surface area contributed by atoms with Crippen LogP contribution in [0, 0.1) is 5.92 Å². The van der Waals surface area contributed by atoms with Crippen LogP contribution in [0.1, 0.15) is 46.1 Å². The van der Waals surface area contributed by atoms with Gasteiger partial charge < -0.3 is 15.3 Å². The van der Waals surface area contributed by atoms with Crippen molar-refractivity contribution < 1.29 is 14.7 Å². The first-order valence-electron chi connectivity index (χ1n) is 11.1. The van der Waals surface area contributed by atoms with Gasteiger partial charge >= 0.3 is 6.09 Å². The lowest BCUT2D eigenvalue weighted by atomic mass is 10.0. The van der Waals surface area contributed by atoms with Gasteiger partial charge in [-0.2, -0.15) is 5.10 Å². The quantitative estimate of drug-likeness (QED) is 0.779. The van der Waals surface area contributed by atoms with Crippen LogP contribution in [0.3, 0.4) is 0 Å². The van der Waals surface area contributed by atoms with Crippen LogP contribution in [0.4, 0.5) is 16.2 Å². The lowest BCUT2D eigenvalue weighted by Gasteiger charge is -2.40. The highest BCUT2D eigenvalue weighted by atomic mass is 16.4. The lowest BCUT2D eigenvalue weighted by Crippen LogP contribution is -2.51. The zero-order valence-corrected chi connectivity index (χ0v) is 18.4. The second-order valence-corrected chi connectivity index (χ2v) is 9.00. The van der Waals surface area contributed by atoms with Gasteiger partial charge in [0.25, 0.3) is 0 Å². The summed E-state index contributed by atoms with van der Waals surface area (Å²) in [6.45, 7) is 8.16. The van der Waals surface area contributed by atoms with Gasteiger partial charge in [0.05, 0.1) is 29.7 Å². The van der Waals surface area contributed by atoms with E-state index in [2.05, 4.69) is 10.4 Å². The van der Waals surface area contributed by atoms with Gasteiger partial charge in [-0.05, 0) is 56.5 Å². The molecular weight excluding hydrogens is 394 g/mol. The summed E-state index contributed by atoms with van der Waals surface area (Å²) in [5, 5.41) is 17.7. The van der Waals surface area contributed by atoms with E-state index in [0.29, 0.717) is 23.8 Å². The van der Waals surface area contributed by atoms with Crippen molar-refractivity contribution in [2.45, 2.75) is 52.1 Å². The molecule has 2 N–H and O–H groups in total. The smallest absolute Gasteiger partial charge is 0.411 e.